The number of hydrogen-bond donors (Lipinski definition) is 2. The average molecular weight is 248 g/mol. The van der Waals surface area contributed by atoms with Gasteiger partial charge in [0, 0.05) is 17.8 Å². The van der Waals surface area contributed by atoms with Crippen LogP contribution in [-0.4, -0.2) is 0 Å². The van der Waals surface area contributed by atoms with Crippen LogP contribution in [0, 0.1) is 18.6 Å². The van der Waals surface area contributed by atoms with E-state index in [0.29, 0.717) is 5.56 Å². The molecule has 18 heavy (non-hydrogen) atoms. The fourth-order valence-electron chi connectivity index (χ4n) is 1.63. The molecule has 0 aromatic heterocycles. The maximum atomic E-state index is 13.7. The molecule has 2 N–H and O–H groups in total. The SMILES string of the molecule is Cc1ccc(F)c(CNNc2ccccc2)c1F. The highest BCUT2D eigenvalue weighted by atomic mass is 19.1. The van der Waals surface area contributed by atoms with Crippen molar-refractivity contribution in [3.63, 3.8) is 0 Å². The molecule has 2 rings (SSSR count). The van der Waals surface area contributed by atoms with Crippen molar-refractivity contribution < 1.29 is 8.78 Å². The smallest absolute Gasteiger partial charge is 0.133 e. The van der Waals surface area contributed by atoms with Crippen LogP contribution in [0.4, 0.5) is 14.5 Å². The third-order valence-electron chi connectivity index (χ3n) is 2.65. The van der Waals surface area contributed by atoms with Crippen LogP contribution in [0.1, 0.15) is 11.1 Å². The van der Waals surface area contributed by atoms with E-state index in [1.165, 1.54) is 12.1 Å². The first kappa shape index (κ1) is 12.5. The fraction of sp³-hybridized carbons (Fsp3) is 0.143. The van der Waals surface area contributed by atoms with E-state index in [9.17, 15) is 8.78 Å². The van der Waals surface area contributed by atoms with E-state index in [1.54, 1.807) is 6.92 Å². The van der Waals surface area contributed by atoms with E-state index in [1.807, 2.05) is 30.3 Å². The molecular formula is C14H14F2N2. The summed E-state index contributed by atoms with van der Waals surface area (Å²) in [6, 6.07) is 12.1. The molecule has 0 spiro atoms. The van der Waals surface area contributed by atoms with Crippen molar-refractivity contribution in [3.05, 3.63) is 65.2 Å². The van der Waals surface area contributed by atoms with Crippen LogP contribution < -0.4 is 10.9 Å². The van der Waals surface area contributed by atoms with Gasteiger partial charge in [-0.15, -0.1) is 0 Å². The van der Waals surface area contributed by atoms with Gasteiger partial charge in [0.1, 0.15) is 11.6 Å². The molecule has 0 aliphatic heterocycles. The van der Waals surface area contributed by atoms with Gasteiger partial charge in [0.05, 0.1) is 0 Å². The van der Waals surface area contributed by atoms with Gasteiger partial charge in [0.25, 0.3) is 0 Å². The van der Waals surface area contributed by atoms with E-state index in [-0.39, 0.29) is 12.1 Å². The molecule has 2 nitrogen and oxygen atoms in total. The molecule has 4 heteroatoms. The maximum Gasteiger partial charge on any atom is 0.133 e. The number of aryl methyl sites for hydroxylation is 1. The van der Waals surface area contributed by atoms with Crippen molar-refractivity contribution in [3.8, 4) is 0 Å². The summed E-state index contributed by atoms with van der Waals surface area (Å²) in [5.41, 5.74) is 7.00. The highest BCUT2D eigenvalue weighted by molar-refractivity contribution is 5.41. The largest absolute Gasteiger partial charge is 0.321 e. The summed E-state index contributed by atoms with van der Waals surface area (Å²) < 4.78 is 27.1. The minimum atomic E-state index is -0.541. The second-order valence-corrected chi connectivity index (χ2v) is 4.00. The van der Waals surface area contributed by atoms with E-state index in [0.717, 1.165) is 5.69 Å². The molecule has 0 heterocycles. The molecule has 0 aliphatic carbocycles. The van der Waals surface area contributed by atoms with E-state index in [2.05, 4.69) is 10.9 Å². The third kappa shape index (κ3) is 2.84. The zero-order chi connectivity index (χ0) is 13.0. The molecule has 0 unspecified atom stereocenters. The topological polar surface area (TPSA) is 24.1 Å². The number of rotatable bonds is 4. The standard InChI is InChI=1S/C14H14F2N2/c1-10-7-8-13(15)12(14(10)16)9-17-18-11-5-3-2-4-6-11/h2-8,17-18H,9H2,1H3. The lowest BCUT2D eigenvalue weighted by atomic mass is 10.1. The molecule has 0 saturated heterocycles. The maximum absolute atomic E-state index is 13.7. The molecule has 0 aliphatic rings. The summed E-state index contributed by atoms with van der Waals surface area (Å²) in [4.78, 5) is 0. The van der Waals surface area contributed by atoms with E-state index in [4.69, 9.17) is 0 Å². The van der Waals surface area contributed by atoms with Crippen LogP contribution in [0.3, 0.4) is 0 Å². The fourth-order valence-corrected chi connectivity index (χ4v) is 1.63. The summed E-state index contributed by atoms with van der Waals surface area (Å²) in [7, 11) is 0. The highest BCUT2D eigenvalue weighted by Crippen LogP contribution is 2.16. The Kier molecular flexibility index (Phi) is 3.89. The minimum absolute atomic E-state index is 0.0402. The normalized spacial score (nSPS) is 10.4. The van der Waals surface area contributed by atoms with Crippen LogP contribution in [0.5, 0.6) is 0 Å². The van der Waals surface area contributed by atoms with Crippen molar-refractivity contribution in [2.45, 2.75) is 13.5 Å². The molecule has 0 bridgehead atoms. The lowest BCUT2D eigenvalue weighted by Gasteiger charge is -2.10. The highest BCUT2D eigenvalue weighted by Gasteiger charge is 2.10. The first-order chi connectivity index (χ1) is 8.68. The van der Waals surface area contributed by atoms with Gasteiger partial charge in [-0.05, 0) is 30.7 Å². The Balaban J connectivity index is 2.01. The Labute approximate surface area is 105 Å². The second-order valence-electron chi connectivity index (χ2n) is 4.00. The van der Waals surface area contributed by atoms with Gasteiger partial charge >= 0.3 is 0 Å². The second kappa shape index (κ2) is 5.60. The Morgan fingerprint density at radius 2 is 1.72 bits per heavy atom. The summed E-state index contributed by atoms with van der Waals surface area (Å²) in [6.45, 7) is 1.69. The number of halogens is 2. The van der Waals surface area contributed by atoms with E-state index >= 15 is 0 Å². The molecule has 0 saturated carbocycles. The van der Waals surface area contributed by atoms with E-state index < -0.39 is 11.6 Å². The monoisotopic (exact) mass is 248 g/mol. The average Bonchev–Trinajstić information content (AvgIpc) is 2.39. The summed E-state index contributed by atoms with van der Waals surface area (Å²) in [5, 5.41) is 0. The van der Waals surface area contributed by atoms with Gasteiger partial charge in [-0.3, -0.25) is 0 Å². The zero-order valence-electron chi connectivity index (χ0n) is 10.0. The molecule has 94 valence electrons. The van der Waals surface area contributed by atoms with Crippen molar-refractivity contribution in [2.24, 2.45) is 0 Å². The van der Waals surface area contributed by atoms with Crippen molar-refractivity contribution in [2.75, 3.05) is 5.43 Å². The quantitative estimate of drug-likeness (QED) is 0.810. The number of para-hydroxylation sites is 1. The van der Waals surface area contributed by atoms with Gasteiger partial charge in [-0.25, -0.2) is 14.2 Å². The molecule has 0 radical (unpaired) electrons. The van der Waals surface area contributed by atoms with Crippen molar-refractivity contribution in [1.82, 2.24) is 5.43 Å². The van der Waals surface area contributed by atoms with Gasteiger partial charge in [-0.1, -0.05) is 24.3 Å². The summed E-state index contributed by atoms with van der Waals surface area (Å²) in [6.07, 6.45) is 0. The molecule has 0 amide bonds. The summed E-state index contributed by atoms with van der Waals surface area (Å²) >= 11 is 0. The van der Waals surface area contributed by atoms with Gasteiger partial charge in [0.2, 0.25) is 0 Å². The van der Waals surface area contributed by atoms with Crippen LogP contribution >= 0.6 is 0 Å². The number of nitrogens with one attached hydrogen (secondary N) is 2. The van der Waals surface area contributed by atoms with Gasteiger partial charge in [0.15, 0.2) is 0 Å². The Hall–Kier alpha value is -1.94. The number of hydrazine groups is 1. The minimum Gasteiger partial charge on any atom is -0.321 e. The van der Waals surface area contributed by atoms with Crippen LogP contribution in [0.15, 0.2) is 42.5 Å². The molecule has 0 atom stereocenters. The van der Waals surface area contributed by atoms with Gasteiger partial charge in [-0.2, -0.15) is 0 Å². The first-order valence-corrected chi connectivity index (χ1v) is 5.66. The Morgan fingerprint density at radius 3 is 2.44 bits per heavy atom. The predicted octanol–water partition coefficient (Wildman–Crippen LogP) is 3.39. The Bertz CT molecular complexity index is 527. The lowest BCUT2D eigenvalue weighted by molar-refractivity contribution is 0.540. The summed E-state index contributed by atoms with van der Waals surface area (Å²) in [5.74, 6) is -1.04. The molecule has 0 fully saturated rings. The molecule has 2 aromatic rings. The number of benzene rings is 2. The molecular weight excluding hydrogens is 234 g/mol. The van der Waals surface area contributed by atoms with Crippen molar-refractivity contribution in [1.29, 1.82) is 0 Å². The number of anilines is 1. The lowest BCUT2D eigenvalue weighted by Crippen LogP contribution is -2.22. The third-order valence-corrected chi connectivity index (χ3v) is 2.65. The van der Waals surface area contributed by atoms with Gasteiger partial charge < -0.3 is 5.43 Å². The first-order valence-electron chi connectivity index (χ1n) is 5.66. The zero-order valence-corrected chi connectivity index (χ0v) is 10.0. The number of hydrogen-bond acceptors (Lipinski definition) is 2. The van der Waals surface area contributed by atoms with Crippen molar-refractivity contribution >= 4 is 5.69 Å². The van der Waals surface area contributed by atoms with Crippen LogP contribution in [0.25, 0.3) is 0 Å². The molecule has 2 aromatic carbocycles. The van der Waals surface area contributed by atoms with Crippen LogP contribution in [0.2, 0.25) is 0 Å². The predicted molar refractivity (Wildman–Crippen MR) is 68.0 cm³/mol. The van der Waals surface area contributed by atoms with Crippen LogP contribution in [-0.2, 0) is 6.54 Å². The Morgan fingerprint density at radius 1 is 1.00 bits per heavy atom.